The van der Waals surface area contributed by atoms with Crippen molar-refractivity contribution >= 4 is 0 Å². The van der Waals surface area contributed by atoms with Gasteiger partial charge in [-0.3, -0.25) is 4.90 Å². The number of likely N-dealkylation sites (tertiary alicyclic amines) is 1. The number of piperidine rings is 1. The number of furan rings is 1. The Hall–Kier alpha value is -0.880. The summed E-state index contributed by atoms with van der Waals surface area (Å²) < 4.78 is 23.6. The molecule has 3 fully saturated rings. The summed E-state index contributed by atoms with van der Waals surface area (Å²) in [5, 5.41) is 0. The topological polar surface area (TPSA) is 44.1 Å². The van der Waals surface area contributed by atoms with Crippen LogP contribution in [0.4, 0.5) is 0 Å². The predicted molar refractivity (Wildman–Crippen MR) is 94.5 cm³/mol. The summed E-state index contributed by atoms with van der Waals surface area (Å²) in [5.74, 6) is 2.73. The van der Waals surface area contributed by atoms with Gasteiger partial charge >= 0.3 is 0 Å². The van der Waals surface area contributed by atoms with Gasteiger partial charge in [0, 0.05) is 32.7 Å². The third-order valence-electron chi connectivity index (χ3n) is 6.03. The molecule has 0 bridgehead atoms. The Labute approximate surface area is 150 Å². The highest BCUT2D eigenvalue weighted by atomic mass is 16.6. The van der Waals surface area contributed by atoms with Crippen molar-refractivity contribution in [2.24, 2.45) is 5.92 Å². The molecule has 1 atom stereocenters. The highest BCUT2D eigenvalue weighted by Gasteiger charge is 2.43. The van der Waals surface area contributed by atoms with Crippen LogP contribution in [-0.2, 0) is 20.8 Å². The molecule has 0 saturated carbocycles. The molecule has 1 aromatic heterocycles. The van der Waals surface area contributed by atoms with Crippen LogP contribution in [0.25, 0.3) is 0 Å². The van der Waals surface area contributed by atoms with E-state index in [0.29, 0.717) is 5.92 Å². The number of aryl methyl sites for hydroxylation is 1. The van der Waals surface area contributed by atoms with Crippen molar-refractivity contribution < 1.29 is 18.6 Å². The highest BCUT2D eigenvalue weighted by molar-refractivity contribution is 5.06. The van der Waals surface area contributed by atoms with E-state index in [1.807, 2.05) is 13.0 Å². The first-order valence-corrected chi connectivity index (χ1v) is 9.82. The minimum absolute atomic E-state index is 0.0515. The average molecular weight is 349 g/mol. The molecular formula is C20H31NO4. The third kappa shape index (κ3) is 4.45. The predicted octanol–water partition coefficient (Wildman–Crippen LogP) is 3.15. The molecule has 25 heavy (non-hydrogen) atoms. The van der Waals surface area contributed by atoms with Crippen LogP contribution in [-0.4, -0.2) is 56.1 Å². The first-order chi connectivity index (χ1) is 12.2. The minimum Gasteiger partial charge on any atom is -0.465 e. The second kappa shape index (κ2) is 7.78. The van der Waals surface area contributed by atoms with E-state index in [-0.39, 0.29) is 11.7 Å². The van der Waals surface area contributed by atoms with Crippen LogP contribution in [0, 0.1) is 12.8 Å². The lowest BCUT2D eigenvalue weighted by Crippen LogP contribution is -2.43. The van der Waals surface area contributed by atoms with Gasteiger partial charge in [0.15, 0.2) is 0 Å². The van der Waals surface area contributed by atoms with Gasteiger partial charge in [0.2, 0.25) is 0 Å². The van der Waals surface area contributed by atoms with Crippen molar-refractivity contribution in [1.82, 2.24) is 4.90 Å². The summed E-state index contributed by atoms with van der Waals surface area (Å²) in [7, 11) is 0. The molecule has 0 aliphatic carbocycles. The van der Waals surface area contributed by atoms with Crippen LogP contribution in [0.5, 0.6) is 0 Å². The maximum atomic E-state index is 6.24. The molecule has 3 aliphatic heterocycles. The standard InChI is InChI=1S/C20H31NO4/c1-16-2-3-18(25-16)13-21-8-6-20(7-9-21)12-19(15-24-20)23-14-17-4-10-22-11-5-17/h2-3,17,19H,4-15H2,1H3/t19-/m0/s1. The second-order valence-corrected chi connectivity index (χ2v) is 8.00. The summed E-state index contributed by atoms with van der Waals surface area (Å²) in [6, 6.07) is 4.13. The molecule has 4 rings (SSSR count). The maximum absolute atomic E-state index is 6.24. The minimum atomic E-state index is 0.0515. The van der Waals surface area contributed by atoms with Crippen LogP contribution in [0.3, 0.4) is 0 Å². The molecule has 0 N–H and O–H groups in total. The van der Waals surface area contributed by atoms with E-state index in [4.69, 9.17) is 18.6 Å². The zero-order valence-corrected chi connectivity index (χ0v) is 15.4. The largest absolute Gasteiger partial charge is 0.465 e. The van der Waals surface area contributed by atoms with Crippen LogP contribution < -0.4 is 0 Å². The monoisotopic (exact) mass is 349 g/mol. The quantitative estimate of drug-likeness (QED) is 0.817. The van der Waals surface area contributed by atoms with E-state index in [1.54, 1.807) is 0 Å². The Bertz CT molecular complexity index is 544. The van der Waals surface area contributed by atoms with Crippen molar-refractivity contribution in [2.75, 3.05) is 39.5 Å². The van der Waals surface area contributed by atoms with Gasteiger partial charge in [0.25, 0.3) is 0 Å². The lowest BCUT2D eigenvalue weighted by Gasteiger charge is -2.38. The van der Waals surface area contributed by atoms with E-state index in [2.05, 4.69) is 11.0 Å². The smallest absolute Gasteiger partial charge is 0.118 e. The zero-order chi connectivity index (χ0) is 17.1. The molecule has 3 saturated heterocycles. The molecule has 0 amide bonds. The normalized spacial score (nSPS) is 28.0. The van der Waals surface area contributed by atoms with Gasteiger partial charge in [-0.1, -0.05) is 0 Å². The molecule has 0 radical (unpaired) electrons. The van der Waals surface area contributed by atoms with E-state index in [9.17, 15) is 0 Å². The molecular weight excluding hydrogens is 318 g/mol. The van der Waals surface area contributed by atoms with Crippen molar-refractivity contribution in [2.45, 2.75) is 57.3 Å². The van der Waals surface area contributed by atoms with Crippen LogP contribution in [0.2, 0.25) is 0 Å². The summed E-state index contributed by atoms with van der Waals surface area (Å²) in [4.78, 5) is 2.48. The molecule has 0 aromatic carbocycles. The molecule has 1 spiro atoms. The molecule has 5 nitrogen and oxygen atoms in total. The fourth-order valence-corrected chi connectivity index (χ4v) is 4.35. The highest BCUT2D eigenvalue weighted by Crippen LogP contribution is 2.37. The van der Waals surface area contributed by atoms with E-state index >= 15 is 0 Å². The zero-order valence-electron chi connectivity index (χ0n) is 15.4. The Kier molecular flexibility index (Phi) is 5.46. The van der Waals surface area contributed by atoms with Gasteiger partial charge in [-0.05, 0) is 50.7 Å². The molecule has 5 heteroatoms. The van der Waals surface area contributed by atoms with Crippen LogP contribution in [0.15, 0.2) is 16.5 Å². The van der Waals surface area contributed by atoms with E-state index in [0.717, 1.165) is 89.7 Å². The Morgan fingerprint density at radius 3 is 2.72 bits per heavy atom. The van der Waals surface area contributed by atoms with Gasteiger partial charge in [0.1, 0.15) is 11.5 Å². The molecule has 1 aromatic rings. The van der Waals surface area contributed by atoms with Crippen molar-refractivity contribution in [3.63, 3.8) is 0 Å². The summed E-state index contributed by atoms with van der Waals surface area (Å²) >= 11 is 0. The van der Waals surface area contributed by atoms with Gasteiger partial charge < -0.3 is 18.6 Å². The van der Waals surface area contributed by atoms with E-state index < -0.39 is 0 Å². The third-order valence-corrected chi connectivity index (χ3v) is 6.03. The molecule has 4 heterocycles. The summed E-state index contributed by atoms with van der Waals surface area (Å²) in [6.07, 6.45) is 5.82. The van der Waals surface area contributed by atoms with Gasteiger partial charge in [-0.2, -0.15) is 0 Å². The first kappa shape index (κ1) is 17.5. The van der Waals surface area contributed by atoms with Gasteiger partial charge in [0.05, 0.1) is 31.5 Å². The summed E-state index contributed by atoms with van der Waals surface area (Å²) in [5.41, 5.74) is 0.0515. The second-order valence-electron chi connectivity index (χ2n) is 8.00. The average Bonchev–Trinajstić information content (AvgIpc) is 3.23. The number of nitrogens with zero attached hydrogens (tertiary/aromatic N) is 1. The van der Waals surface area contributed by atoms with Crippen molar-refractivity contribution in [3.8, 4) is 0 Å². The van der Waals surface area contributed by atoms with Gasteiger partial charge in [-0.15, -0.1) is 0 Å². The number of rotatable bonds is 5. The maximum Gasteiger partial charge on any atom is 0.118 e. The lowest BCUT2D eigenvalue weighted by molar-refractivity contribution is -0.0486. The van der Waals surface area contributed by atoms with Crippen molar-refractivity contribution in [3.05, 3.63) is 23.7 Å². The van der Waals surface area contributed by atoms with E-state index in [1.165, 1.54) is 0 Å². The Morgan fingerprint density at radius 2 is 2.00 bits per heavy atom. The molecule has 140 valence electrons. The van der Waals surface area contributed by atoms with Crippen LogP contribution in [0.1, 0.15) is 43.6 Å². The Morgan fingerprint density at radius 1 is 1.20 bits per heavy atom. The van der Waals surface area contributed by atoms with Gasteiger partial charge in [-0.25, -0.2) is 0 Å². The number of ether oxygens (including phenoxy) is 3. The van der Waals surface area contributed by atoms with Crippen LogP contribution >= 0.6 is 0 Å². The lowest BCUT2D eigenvalue weighted by atomic mass is 9.88. The molecule has 0 unspecified atom stereocenters. The fraction of sp³-hybridized carbons (Fsp3) is 0.800. The SMILES string of the molecule is Cc1ccc(CN2CCC3(CC2)C[C@H](OCC2CCOCC2)CO3)o1. The molecule has 3 aliphatic rings. The first-order valence-electron chi connectivity index (χ1n) is 9.82. The van der Waals surface area contributed by atoms with Crippen molar-refractivity contribution in [1.29, 1.82) is 0 Å². The number of hydrogen-bond donors (Lipinski definition) is 0. The number of hydrogen-bond acceptors (Lipinski definition) is 5. The Balaban J connectivity index is 1.20. The fourth-order valence-electron chi connectivity index (χ4n) is 4.35. The summed E-state index contributed by atoms with van der Waals surface area (Å²) in [6.45, 7) is 8.49.